The second kappa shape index (κ2) is 11.6. The first-order valence-electron chi connectivity index (χ1n) is 12.9. The zero-order valence-electron chi connectivity index (χ0n) is 22.5. The highest BCUT2D eigenvalue weighted by Crippen LogP contribution is 2.36. The summed E-state index contributed by atoms with van der Waals surface area (Å²) in [6.07, 6.45) is 0.328. The van der Waals surface area contributed by atoms with E-state index < -0.39 is 23.7 Å². The summed E-state index contributed by atoms with van der Waals surface area (Å²) >= 11 is 6.27. The third-order valence-electron chi connectivity index (χ3n) is 6.86. The van der Waals surface area contributed by atoms with Gasteiger partial charge in [-0.1, -0.05) is 35.9 Å². The number of nitrogens with zero attached hydrogens (tertiary/aromatic N) is 5. The van der Waals surface area contributed by atoms with Crippen LogP contribution in [0.4, 0.5) is 8.78 Å². The summed E-state index contributed by atoms with van der Waals surface area (Å²) in [6.45, 7) is 3.76. The summed E-state index contributed by atoms with van der Waals surface area (Å²) in [4.78, 5) is 31.4. The number of methoxy groups -OCH3 is 1. The van der Waals surface area contributed by atoms with Crippen LogP contribution in [0.2, 0.25) is 5.02 Å². The van der Waals surface area contributed by atoms with Crippen LogP contribution in [0.5, 0.6) is 5.75 Å². The Morgan fingerprint density at radius 2 is 1.85 bits per heavy atom. The van der Waals surface area contributed by atoms with E-state index in [9.17, 15) is 18.4 Å². The van der Waals surface area contributed by atoms with Crippen molar-refractivity contribution in [3.8, 4) is 22.6 Å². The van der Waals surface area contributed by atoms with Gasteiger partial charge in [-0.25, -0.2) is 13.5 Å². The summed E-state index contributed by atoms with van der Waals surface area (Å²) in [5, 5.41) is 8.63. The molecule has 0 saturated carbocycles. The Balaban J connectivity index is 1.51. The number of rotatable bonds is 9. The maximum Gasteiger partial charge on any atom is 0.283 e. The molecule has 5 rings (SSSR count). The van der Waals surface area contributed by atoms with Crippen LogP contribution in [0, 0.1) is 6.92 Å². The van der Waals surface area contributed by atoms with E-state index in [2.05, 4.69) is 15.3 Å². The van der Waals surface area contributed by atoms with Crippen molar-refractivity contribution >= 4 is 28.3 Å². The second-order valence-corrected chi connectivity index (χ2v) is 10.0. The summed E-state index contributed by atoms with van der Waals surface area (Å²) < 4.78 is 34.5. The molecule has 0 radical (unpaired) electrons. The lowest BCUT2D eigenvalue weighted by Crippen LogP contribution is -2.30. The topological polar surface area (TPSA) is 91.9 Å². The van der Waals surface area contributed by atoms with Crippen molar-refractivity contribution < 1.29 is 18.3 Å². The van der Waals surface area contributed by atoms with Crippen LogP contribution >= 0.6 is 11.6 Å². The molecule has 1 unspecified atom stereocenters. The van der Waals surface area contributed by atoms with E-state index >= 15 is 0 Å². The number of aryl methyl sites for hydroxylation is 1. The molecule has 2 aromatic carbocycles. The fourth-order valence-corrected chi connectivity index (χ4v) is 5.02. The van der Waals surface area contributed by atoms with Gasteiger partial charge in [0, 0.05) is 39.7 Å². The van der Waals surface area contributed by atoms with Crippen molar-refractivity contribution in [1.82, 2.24) is 24.5 Å². The van der Waals surface area contributed by atoms with Gasteiger partial charge in [-0.3, -0.25) is 14.6 Å². The zero-order chi connectivity index (χ0) is 29.3. The summed E-state index contributed by atoms with van der Waals surface area (Å²) in [6, 6.07) is 14.9. The monoisotopic (exact) mass is 577 g/mol. The van der Waals surface area contributed by atoms with Gasteiger partial charge in [-0.15, -0.1) is 5.10 Å². The lowest BCUT2D eigenvalue weighted by molar-refractivity contribution is -0.121. The smallest absolute Gasteiger partial charge is 0.283 e. The van der Waals surface area contributed by atoms with E-state index in [1.54, 1.807) is 18.2 Å². The highest BCUT2D eigenvalue weighted by atomic mass is 35.5. The van der Waals surface area contributed by atoms with E-state index in [0.717, 1.165) is 28.4 Å². The number of halogens is 3. The van der Waals surface area contributed by atoms with E-state index in [0.29, 0.717) is 34.0 Å². The molecule has 5 aromatic rings. The Bertz CT molecular complexity index is 1820. The summed E-state index contributed by atoms with van der Waals surface area (Å²) in [7, 11) is 1.44. The quantitative estimate of drug-likeness (QED) is 0.204. The molecule has 0 saturated heterocycles. The molecular weight excluding hydrogens is 552 g/mol. The highest BCUT2D eigenvalue weighted by molar-refractivity contribution is 6.31. The number of Topliss-reactive ketones (excluding diaryl/α,β-unsaturated/α-hetero) is 1. The predicted octanol–water partition coefficient (Wildman–Crippen LogP) is 6.32. The number of aromatic nitrogens is 5. The first kappa shape index (κ1) is 28.1. The molecule has 0 aliphatic rings. The van der Waals surface area contributed by atoms with E-state index in [1.165, 1.54) is 28.6 Å². The molecule has 3 heterocycles. The molecule has 0 N–H and O–H groups in total. The second-order valence-electron chi connectivity index (χ2n) is 9.60. The lowest BCUT2D eigenvalue weighted by atomic mass is 9.99. The first-order chi connectivity index (χ1) is 19.7. The molecule has 0 spiro atoms. The number of hydrogen-bond acceptors (Lipinski definition) is 6. The molecule has 3 aromatic heterocycles. The van der Waals surface area contributed by atoms with Crippen LogP contribution in [0.3, 0.4) is 0 Å². The molecule has 0 amide bonds. The standard InChI is InChI=1S/C30H26ClF2N5O3/c1-4-25(27(39)12-18-6-9-23-19(11-18)7-5-17(2)34-23)37-16-28(41-3)22(14-29(37)40)21-13-20(31)8-10-26(21)38-15-24(30(32)33)35-36-38/h5-11,13-16,25,30H,4,12H2,1-3H3. The van der Waals surface area contributed by atoms with Crippen LogP contribution < -0.4 is 10.3 Å². The Hall–Kier alpha value is -4.44. The third-order valence-corrected chi connectivity index (χ3v) is 7.09. The normalized spacial score (nSPS) is 12.2. The third kappa shape index (κ3) is 5.74. The van der Waals surface area contributed by atoms with Gasteiger partial charge in [0.2, 0.25) is 0 Å². The van der Waals surface area contributed by atoms with E-state index in [4.69, 9.17) is 16.3 Å². The number of ether oxygens (including phenoxy) is 1. The molecule has 1 atom stereocenters. The maximum atomic E-state index is 13.5. The molecule has 0 fully saturated rings. The molecule has 210 valence electrons. The maximum absolute atomic E-state index is 13.5. The minimum absolute atomic E-state index is 0.130. The van der Waals surface area contributed by atoms with Crippen LogP contribution in [-0.2, 0) is 11.2 Å². The van der Waals surface area contributed by atoms with Gasteiger partial charge in [0.1, 0.15) is 11.4 Å². The van der Waals surface area contributed by atoms with Gasteiger partial charge in [0.25, 0.3) is 12.0 Å². The zero-order valence-corrected chi connectivity index (χ0v) is 23.3. The van der Waals surface area contributed by atoms with Gasteiger partial charge >= 0.3 is 0 Å². The Kier molecular flexibility index (Phi) is 7.94. The van der Waals surface area contributed by atoms with Crippen LogP contribution in [0.1, 0.15) is 42.8 Å². The molecule has 0 aliphatic carbocycles. The summed E-state index contributed by atoms with van der Waals surface area (Å²) in [5.41, 5.74) is 2.81. The lowest BCUT2D eigenvalue weighted by Gasteiger charge is -2.20. The van der Waals surface area contributed by atoms with E-state index in [1.807, 2.05) is 44.2 Å². The number of carbonyl (C=O) groups is 1. The Labute approximate surface area is 239 Å². The molecule has 0 aliphatic heterocycles. The van der Waals surface area contributed by atoms with Gasteiger partial charge in [0.15, 0.2) is 5.78 Å². The van der Waals surface area contributed by atoms with Crippen molar-refractivity contribution in [3.63, 3.8) is 0 Å². The average molecular weight is 578 g/mol. The molecule has 11 heteroatoms. The number of hydrogen-bond donors (Lipinski definition) is 0. The minimum Gasteiger partial charge on any atom is -0.495 e. The van der Waals surface area contributed by atoms with Crippen molar-refractivity contribution in [2.24, 2.45) is 0 Å². The predicted molar refractivity (Wildman–Crippen MR) is 152 cm³/mol. The van der Waals surface area contributed by atoms with Gasteiger partial charge in [-0.05, 0) is 55.3 Å². The first-order valence-corrected chi connectivity index (χ1v) is 13.3. The van der Waals surface area contributed by atoms with Crippen molar-refractivity contribution in [1.29, 1.82) is 0 Å². The Morgan fingerprint density at radius 3 is 2.56 bits per heavy atom. The van der Waals surface area contributed by atoms with Crippen LogP contribution in [-0.4, -0.2) is 37.4 Å². The number of benzene rings is 2. The minimum atomic E-state index is -2.79. The number of carbonyl (C=O) groups excluding carboxylic acids is 1. The molecule has 41 heavy (non-hydrogen) atoms. The molecule has 0 bridgehead atoms. The Morgan fingerprint density at radius 1 is 1.05 bits per heavy atom. The van der Waals surface area contributed by atoms with E-state index in [-0.39, 0.29) is 12.2 Å². The van der Waals surface area contributed by atoms with Gasteiger partial charge in [0.05, 0.1) is 36.7 Å². The summed E-state index contributed by atoms with van der Waals surface area (Å²) in [5.74, 6) is 0.162. The largest absolute Gasteiger partial charge is 0.495 e. The molecular formula is C30H26ClF2N5O3. The number of pyridine rings is 2. The van der Waals surface area contributed by atoms with Gasteiger partial charge in [-0.2, -0.15) is 0 Å². The van der Waals surface area contributed by atoms with Crippen molar-refractivity contribution in [2.45, 2.75) is 39.2 Å². The van der Waals surface area contributed by atoms with Crippen molar-refractivity contribution in [2.75, 3.05) is 7.11 Å². The highest BCUT2D eigenvalue weighted by Gasteiger charge is 2.24. The van der Waals surface area contributed by atoms with Gasteiger partial charge < -0.3 is 9.30 Å². The SMILES string of the molecule is CCC(C(=O)Cc1ccc2nc(C)ccc2c1)n1cc(OC)c(-c2cc(Cl)ccc2-n2cc(C(F)F)nn2)cc1=O. The fraction of sp³-hybridized carbons (Fsp3) is 0.233. The molecule has 8 nitrogen and oxygen atoms in total. The number of fused-ring (bicyclic) bond motifs is 1. The van der Waals surface area contributed by atoms with Crippen molar-refractivity contribution in [3.05, 3.63) is 99.3 Å². The number of alkyl halides is 2. The fourth-order valence-electron chi connectivity index (χ4n) is 4.85. The van der Waals surface area contributed by atoms with Crippen LogP contribution in [0.25, 0.3) is 27.7 Å². The number of ketones is 1. The van der Waals surface area contributed by atoms with Crippen LogP contribution in [0.15, 0.2) is 71.8 Å². The average Bonchev–Trinajstić information content (AvgIpc) is 3.45.